The van der Waals surface area contributed by atoms with Crippen molar-refractivity contribution >= 4 is 17.9 Å². The number of primary amides is 1. The van der Waals surface area contributed by atoms with Gasteiger partial charge in [-0.2, -0.15) is 13.2 Å². The summed E-state index contributed by atoms with van der Waals surface area (Å²) in [6.45, 7) is 5.95. The maximum Gasteiger partial charge on any atom is 0.419 e. The quantitative estimate of drug-likeness (QED) is 0.595. The van der Waals surface area contributed by atoms with Crippen LogP contribution in [0, 0.1) is 5.82 Å². The number of aromatic nitrogens is 1. The van der Waals surface area contributed by atoms with Crippen molar-refractivity contribution in [2.45, 2.75) is 57.9 Å². The second-order valence-electron chi connectivity index (χ2n) is 9.65. The molecule has 1 aliphatic rings. The van der Waals surface area contributed by atoms with E-state index in [0.717, 1.165) is 6.07 Å². The van der Waals surface area contributed by atoms with Crippen molar-refractivity contribution in [1.29, 1.82) is 0 Å². The Kier molecular flexibility index (Phi) is 7.65. The Morgan fingerprint density at radius 1 is 1.17 bits per heavy atom. The number of nitrogens with zero attached hydrogens (tertiary/aromatic N) is 2. The number of amides is 3. The standard InChI is InChI=1S/C24H28F4N4O4/c1-23(2,3)36-22(35)31-8-4-5-15(12-31)30-21(34)17-13-32(11-14(17)9-20(29)33)16-6-7-18(19(25)10-16)24(26,27)28/h6-7,10-11,13,15H,4-5,8-9,12H2,1-3H3,(H2,29,33)(H,30,34)/t15-/m0/s1. The van der Waals surface area contributed by atoms with E-state index in [1.54, 1.807) is 20.8 Å². The summed E-state index contributed by atoms with van der Waals surface area (Å²) in [6, 6.07) is 1.96. The predicted molar refractivity (Wildman–Crippen MR) is 122 cm³/mol. The maximum atomic E-state index is 14.1. The lowest BCUT2D eigenvalue weighted by Crippen LogP contribution is -2.50. The Balaban J connectivity index is 1.81. The molecular weight excluding hydrogens is 484 g/mol. The van der Waals surface area contributed by atoms with Gasteiger partial charge in [-0.1, -0.05) is 0 Å². The highest BCUT2D eigenvalue weighted by atomic mass is 19.4. The Morgan fingerprint density at radius 3 is 2.44 bits per heavy atom. The van der Waals surface area contributed by atoms with Gasteiger partial charge in [-0.3, -0.25) is 9.59 Å². The van der Waals surface area contributed by atoms with Crippen LogP contribution in [0.2, 0.25) is 0 Å². The van der Waals surface area contributed by atoms with Gasteiger partial charge in [0.1, 0.15) is 11.4 Å². The van der Waals surface area contributed by atoms with Crippen molar-refractivity contribution in [1.82, 2.24) is 14.8 Å². The first-order chi connectivity index (χ1) is 16.6. The van der Waals surface area contributed by atoms with Crippen LogP contribution >= 0.6 is 0 Å². The van der Waals surface area contributed by atoms with Gasteiger partial charge in [-0.05, 0) is 57.4 Å². The summed E-state index contributed by atoms with van der Waals surface area (Å²) >= 11 is 0. The zero-order valence-electron chi connectivity index (χ0n) is 20.1. The minimum absolute atomic E-state index is 0.0269. The smallest absolute Gasteiger partial charge is 0.419 e. The molecule has 1 atom stereocenters. The molecule has 0 bridgehead atoms. The van der Waals surface area contributed by atoms with E-state index >= 15 is 0 Å². The van der Waals surface area contributed by atoms with Crippen molar-refractivity contribution < 1.29 is 36.7 Å². The summed E-state index contributed by atoms with van der Waals surface area (Å²) in [5, 5.41) is 2.83. The highest BCUT2D eigenvalue weighted by Gasteiger charge is 2.34. The number of benzene rings is 1. The lowest BCUT2D eigenvalue weighted by molar-refractivity contribution is -0.140. The summed E-state index contributed by atoms with van der Waals surface area (Å²) in [6.07, 6.45) is -1.79. The van der Waals surface area contributed by atoms with Gasteiger partial charge in [0.25, 0.3) is 5.91 Å². The SMILES string of the molecule is CC(C)(C)OC(=O)N1CCC[C@H](NC(=O)c2cn(-c3ccc(C(F)(F)F)c(F)c3)cc2CC(N)=O)C1. The number of hydrogen-bond acceptors (Lipinski definition) is 4. The second-order valence-corrected chi connectivity index (χ2v) is 9.65. The Bertz CT molecular complexity index is 1150. The van der Waals surface area contributed by atoms with Gasteiger partial charge in [-0.25, -0.2) is 9.18 Å². The van der Waals surface area contributed by atoms with E-state index in [1.165, 1.54) is 21.9 Å². The van der Waals surface area contributed by atoms with Crippen LogP contribution in [0.15, 0.2) is 30.6 Å². The predicted octanol–water partition coefficient (Wildman–Crippen LogP) is 3.79. The molecule has 1 aliphatic heterocycles. The summed E-state index contributed by atoms with van der Waals surface area (Å²) in [7, 11) is 0. The third kappa shape index (κ3) is 6.76. The van der Waals surface area contributed by atoms with E-state index in [1.807, 2.05) is 0 Å². The fourth-order valence-corrected chi connectivity index (χ4v) is 3.92. The van der Waals surface area contributed by atoms with Crippen LogP contribution in [-0.4, -0.2) is 52.1 Å². The van der Waals surface area contributed by atoms with E-state index in [9.17, 15) is 31.9 Å². The number of carbonyl (C=O) groups excluding carboxylic acids is 3. The molecule has 3 amide bonds. The van der Waals surface area contributed by atoms with E-state index in [2.05, 4.69) is 5.32 Å². The lowest BCUT2D eigenvalue weighted by Gasteiger charge is -2.34. The molecule has 0 saturated carbocycles. The number of halogens is 4. The third-order valence-corrected chi connectivity index (χ3v) is 5.48. The summed E-state index contributed by atoms with van der Waals surface area (Å²) in [4.78, 5) is 38.5. The van der Waals surface area contributed by atoms with Gasteiger partial charge in [0.2, 0.25) is 5.91 Å². The number of ether oxygens (including phenoxy) is 1. The van der Waals surface area contributed by atoms with Gasteiger partial charge in [-0.15, -0.1) is 0 Å². The monoisotopic (exact) mass is 512 g/mol. The normalized spacial score (nSPS) is 16.5. The molecule has 0 unspecified atom stereocenters. The largest absolute Gasteiger partial charge is 0.444 e. The number of nitrogens with two attached hydrogens (primary N) is 1. The molecule has 36 heavy (non-hydrogen) atoms. The first-order valence-electron chi connectivity index (χ1n) is 11.3. The zero-order chi connectivity index (χ0) is 26.8. The van der Waals surface area contributed by atoms with Gasteiger partial charge < -0.3 is 25.3 Å². The molecule has 12 heteroatoms. The van der Waals surface area contributed by atoms with Gasteiger partial charge >= 0.3 is 12.3 Å². The van der Waals surface area contributed by atoms with Crippen LogP contribution in [0.1, 0.15) is 55.1 Å². The Morgan fingerprint density at radius 2 is 1.86 bits per heavy atom. The number of nitrogens with one attached hydrogen (secondary N) is 1. The van der Waals surface area contributed by atoms with Crippen LogP contribution in [0.25, 0.3) is 5.69 Å². The second kappa shape index (κ2) is 10.2. The fraction of sp³-hybridized carbons (Fsp3) is 0.458. The number of carbonyl (C=O) groups is 3. The number of rotatable bonds is 5. The zero-order valence-corrected chi connectivity index (χ0v) is 20.1. The number of alkyl halides is 3. The molecule has 3 rings (SSSR count). The summed E-state index contributed by atoms with van der Waals surface area (Å²) < 4.78 is 59.4. The Labute approximate surface area is 205 Å². The highest BCUT2D eigenvalue weighted by Crippen LogP contribution is 2.32. The Hall–Kier alpha value is -3.57. The highest BCUT2D eigenvalue weighted by molar-refractivity contribution is 5.97. The fourth-order valence-electron chi connectivity index (χ4n) is 3.92. The number of piperidine rings is 1. The van der Waals surface area contributed by atoms with E-state index in [-0.39, 0.29) is 29.8 Å². The minimum Gasteiger partial charge on any atom is -0.444 e. The molecule has 2 aromatic rings. The molecule has 0 radical (unpaired) electrons. The lowest BCUT2D eigenvalue weighted by atomic mass is 10.0. The number of hydrogen-bond donors (Lipinski definition) is 2. The van der Waals surface area contributed by atoms with Crippen molar-refractivity contribution in [3.8, 4) is 5.69 Å². The minimum atomic E-state index is -4.85. The molecule has 2 heterocycles. The van der Waals surface area contributed by atoms with Gasteiger partial charge in [0, 0.05) is 37.2 Å². The first kappa shape index (κ1) is 27.0. The van der Waals surface area contributed by atoms with Gasteiger partial charge in [0.15, 0.2) is 0 Å². The van der Waals surface area contributed by atoms with Crippen LogP contribution in [0.5, 0.6) is 0 Å². The maximum absolute atomic E-state index is 14.1. The third-order valence-electron chi connectivity index (χ3n) is 5.48. The molecule has 3 N–H and O–H groups in total. The van der Waals surface area contributed by atoms with Crippen molar-refractivity contribution in [3.63, 3.8) is 0 Å². The van der Waals surface area contributed by atoms with Crippen molar-refractivity contribution in [3.05, 3.63) is 53.1 Å². The van der Waals surface area contributed by atoms with E-state index < -0.39 is 47.1 Å². The molecular formula is C24H28F4N4O4. The topological polar surface area (TPSA) is 107 Å². The van der Waals surface area contributed by atoms with Crippen molar-refractivity contribution in [2.24, 2.45) is 5.73 Å². The van der Waals surface area contributed by atoms with Crippen molar-refractivity contribution in [2.75, 3.05) is 13.1 Å². The van der Waals surface area contributed by atoms with E-state index in [0.29, 0.717) is 31.5 Å². The molecule has 1 aromatic carbocycles. The molecule has 196 valence electrons. The number of likely N-dealkylation sites (tertiary alicyclic amines) is 1. The average molecular weight is 513 g/mol. The first-order valence-corrected chi connectivity index (χ1v) is 11.3. The van der Waals surface area contributed by atoms with Crippen LogP contribution < -0.4 is 11.1 Å². The summed E-state index contributed by atoms with van der Waals surface area (Å²) in [5.74, 6) is -2.76. The van der Waals surface area contributed by atoms with Crippen LogP contribution in [0.4, 0.5) is 22.4 Å². The van der Waals surface area contributed by atoms with Crippen LogP contribution in [0.3, 0.4) is 0 Å². The van der Waals surface area contributed by atoms with Gasteiger partial charge in [0.05, 0.1) is 17.5 Å². The van der Waals surface area contributed by atoms with E-state index in [4.69, 9.17) is 10.5 Å². The molecule has 0 aliphatic carbocycles. The molecule has 1 fully saturated rings. The molecule has 1 aromatic heterocycles. The molecule has 0 spiro atoms. The summed E-state index contributed by atoms with van der Waals surface area (Å²) in [5.41, 5.74) is 3.52. The molecule has 8 nitrogen and oxygen atoms in total. The molecule has 1 saturated heterocycles. The van der Waals surface area contributed by atoms with Crippen LogP contribution in [-0.2, 0) is 22.1 Å². The average Bonchev–Trinajstić information content (AvgIpc) is 3.15.